The van der Waals surface area contributed by atoms with Gasteiger partial charge in [-0.2, -0.15) is 5.10 Å². The van der Waals surface area contributed by atoms with Gasteiger partial charge in [0.15, 0.2) is 5.78 Å². The summed E-state index contributed by atoms with van der Waals surface area (Å²) in [6.45, 7) is 0. The van der Waals surface area contributed by atoms with Crippen molar-refractivity contribution in [3.05, 3.63) is 18.0 Å². The zero-order valence-electron chi connectivity index (χ0n) is 5.54. The molecule has 0 saturated heterocycles. The zero-order valence-corrected chi connectivity index (χ0v) is 6.30. The number of hydrogen-bond acceptors (Lipinski definition) is 2. The molecule has 0 aliphatic heterocycles. The number of rotatable bonds is 2. The standard InChI is InChI=1S/C6H7ClN2O/c1-9-4-5(3-8-9)6(10)2-7/h3-4H,2H2,1H3. The van der Waals surface area contributed by atoms with E-state index in [0.717, 1.165) is 0 Å². The van der Waals surface area contributed by atoms with Crippen LogP contribution in [0.15, 0.2) is 12.4 Å². The number of Topliss-reactive ketones (excluding diaryl/α,β-unsaturated/α-hetero) is 1. The van der Waals surface area contributed by atoms with Crippen molar-refractivity contribution < 1.29 is 4.79 Å². The lowest BCUT2D eigenvalue weighted by Crippen LogP contribution is -1.97. The smallest absolute Gasteiger partial charge is 0.180 e. The fourth-order valence-electron chi connectivity index (χ4n) is 0.642. The average molecular weight is 159 g/mol. The monoisotopic (exact) mass is 158 g/mol. The van der Waals surface area contributed by atoms with Gasteiger partial charge in [0.25, 0.3) is 0 Å². The summed E-state index contributed by atoms with van der Waals surface area (Å²) in [5.41, 5.74) is 0.567. The lowest BCUT2D eigenvalue weighted by Gasteiger charge is -1.85. The summed E-state index contributed by atoms with van der Waals surface area (Å²) in [6, 6.07) is 0. The van der Waals surface area contributed by atoms with Crippen LogP contribution in [0.4, 0.5) is 0 Å². The van der Waals surface area contributed by atoms with Gasteiger partial charge in [0.1, 0.15) is 0 Å². The predicted octanol–water partition coefficient (Wildman–Crippen LogP) is 0.842. The topological polar surface area (TPSA) is 34.9 Å². The van der Waals surface area contributed by atoms with Crippen molar-refractivity contribution >= 4 is 17.4 Å². The van der Waals surface area contributed by atoms with Gasteiger partial charge in [0.05, 0.1) is 17.6 Å². The Morgan fingerprint density at radius 1 is 1.90 bits per heavy atom. The Labute approximate surface area is 63.6 Å². The van der Waals surface area contributed by atoms with Crippen molar-refractivity contribution in [1.82, 2.24) is 9.78 Å². The van der Waals surface area contributed by atoms with Crippen LogP contribution in [-0.4, -0.2) is 21.4 Å². The molecule has 1 aromatic heterocycles. The summed E-state index contributed by atoms with van der Waals surface area (Å²) in [4.78, 5) is 10.8. The molecule has 0 N–H and O–H groups in total. The van der Waals surface area contributed by atoms with E-state index in [4.69, 9.17) is 11.6 Å². The van der Waals surface area contributed by atoms with Gasteiger partial charge in [-0.05, 0) is 0 Å². The first-order valence-electron chi connectivity index (χ1n) is 2.82. The summed E-state index contributed by atoms with van der Waals surface area (Å²) in [5.74, 6) is -0.0686. The lowest BCUT2D eigenvalue weighted by molar-refractivity contribution is 0.102. The molecule has 0 aliphatic carbocycles. The van der Waals surface area contributed by atoms with Crippen molar-refractivity contribution in [3.8, 4) is 0 Å². The number of aromatic nitrogens is 2. The summed E-state index contributed by atoms with van der Waals surface area (Å²) in [6.07, 6.45) is 3.15. The Morgan fingerprint density at radius 3 is 3.00 bits per heavy atom. The van der Waals surface area contributed by atoms with Gasteiger partial charge >= 0.3 is 0 Å². The molecule has 0 aromatic carbocycles. The van der Waals surface area contributed by atoms with Crippen LogP contribution in [0.5, 0.6) is 0 Å². The molecule has 1 heterocycles. The van der Waals surface area contributed by atoms with Gasteiger partial charge in [0, 0.05) is 13.2 Å². The zero-order chi connectivity index (χ0) is 7.56. The highest BCUT2D eigenvalue weighted by molar-refractivity contribution is 6.30. The molecule has 10 heavy (non-hydrogen) atoms. The second-order valence-corrected chi connectivity index (χ2v) is 2.23. The van der Waals surface area contributed by atoms with Crippen LogP contribution >= 0.6 is 11.6 Å². The molecule has 0 saturated carbocycles. The number of halogens is 1. The maximum Gasteiger partial charge on any atom is 0.180 e. The molecule has 0 atom stereocenters. The van der Waals surface area contributed by atoms with Crippen molar-refractivity contribution in [1.29, 1.82) is 0 Å². The number of aryl methyl sites for hydroxylation is 1. The van der Waals surface area contributed by atoms with Crippen molar-refractivity contribution in [2.24, 2.45) is 7.05 Å². The van der Waals surface area contributed by atoms with E-state index < -0.39 is 0 Å². The maximum absolute atomic E-state index is 10.8. The Bertz CT molecular complexity index is 244. The van der Waals surface area contributed by atoms with Crippen LogP contribution in [0.1, 0.15) is 10.4 Å². The first kappa shape index (κ1) is 7.28. The Balaban J connectivity index is 2.85. The van der Waals surface area contributed by atoms with E-state index in [9.17, 15) is 4.79 Å². The highest BCUT2D eigenvalue weighted by Crippen LogP contribution is 1.98. The SMILES string of the molecule is Cn1cc(C(=O)CCl)cn1. The van der Waals surface area contributed by atoms with Gasteiger partial charge in [-0.25, -0.2) is 0 Å². The number of nitrogens with zero attached hydrogens (tertiary/aromatic N) is 2. The minimum absolute atomic E-state index is 0.0195. The minimum Gasteiger partial charge on any atom is -0.293 e. The van der Waals surface area contributed by atoms with Crippen molar-refractivity contribution in [2.45, 2.75) is 0 Å². The molecule has 4 heteroatoms. The summed E-state index contributed by atoms with van der Waals surface area (Å²) in [7, 11) is 1.75. The largest absolute Gasteiger partial charge is 0.293 e. The third-order valence-electron chi connectivity index (χ3n) is 1.15. The fourth-order valence-corrected chi connectivity index (χ4v) is 0.797. The number of ketones is 1. The molecule has 0 bridgehead atoms. The molecule has 0 fully saturated rings. The number of carbonyl (C=O) groups excluding carboxylic acids is 1. The van der Waals surface area contributed by atoms with Crippen molar-refractivity contribution in [3.63, 3.8) is 0 Å². The van der Waals surface area contributed by atoms with Crippen LogP contribution in [0.3, 0.4) is 0 Å². The summed E-state index contributed by atoms with van der Waals surface area (Å²) >= 11 is 5.31. The normalized spacial score (nSPS) is 9.80. The van der Waals surface area contributed by atoms with Gasteiger partial charge in [-0.15, -0.1) is 11.6 Å². The quantitative estimate of drug-likeness (QED) is 0.472. The third-order valence-corrected chi connectivity index (χ3v) is 1.39. The first-order valence-corrected chi connectivity index (χ1v) is 3.35. The highest BCUT2D eigenvalue weighted by atomic mass is 35.5. The number of hydrogen-bond donors (Lipinski definition) is 0. The van der Waals surface area contributed by atoms with E-state index in [2.05, 4.69) is 5.10 Å². The Morgan fingerprint density at radius 2 is 2.60 bits per heavy atom. The molecule has 0 aliphatic rings. The first-order chi connectivity index (χ1) is 4.74. The summed E-state index contributed by atoms with van der Waals surface area (Å²) in [5, 5.41) is 3.82. The average Bonchev–Trinajstić information content (AvgIpc) is 2.34. The van der Waals surface area contributed by atoms with E-state index in [-0.39, 0.29) is 11.7 Å². The van der Waals surface area contributed by atoms with E-state index in [1.807, 2.05) is 0 Å². The van der Waals surface area contributed by atoms with Gasteiger partial charge < -0.3 is 0 Å². The van der Waals surface area contributed by atoms with Crippen LogP contribution in [0.25, 0.3) is 0 Å². The second-order valence-electron chi connectivity index (χ2n) is 1.96. The molecule has 1 aromatic rings. The lowest BCUT2D eigenvalue weighted by atomic mass is 10.3. The van der Waals surface area contributed by atoms with E-state index in [1.54, 1.807) is 17.9 Å². The van der Waals surface area contributed by atoms with Crippen LogP contribution < -0.4 is 0 Å². The molecule has 0 unspecified atom stereocenters. The van der Waals surface area contributed by atoms with Crippen molar-refractivity contribution in [2.75, 3.05) is 5.88 Å². The molecular weight excluding hydrogens is 152 g/mol. The van der Waals surface area contributed by atoms with E-state index in [0.29, 0.717) is 5.56 Å². The fraction of sp³-hybridized carbons (Fsp3) is 0.333. The molecule has 54 valence electrons. The molecular formula is C6H7ClN2O. The van der Waals surface area contributed by atoms with Gasteiger partial charge in [-0.3, -0.25) is 9.48 Å². The Hall–Kier alpha value is -0.830. The van der Waals surface area contributed by atoms with E-state index >= 15 is 0 Å². The van der Waals surface area contributed by atoms with Crippen LogP contribution in [0.2, 0.25) is 0 Å². The van der Waals surface area contributed by atoms with Gasteiger partial charge in [-0.1, -0.05) is 0 Å². The molecule has 3 nitrogen and oxygen atoms in total. The second kappa shape index (κ2) is 2.84. The molecule has 0 amide bonds. The van der Waals surface area contributed by atoms with Crippen LogP contribution in [-0.2, 0) is 7.05 Å². The molecule has 1 rings (SSSR count). The minimum atomic E-state index is -0.0882. The third kappa shape index (κ3) is 1.36. The summed E-state index contributed by atoms with van der Waals surface area (Å²) < 4.78 is 1.57. The predicted molar refractivity (Wildman–Crippen MR) is 38.3 cm³/mol. The highest BCUT2D eigenvalue weighted by Gasteiger charge is 2.04. The maximum atomic E-state index is 10.8. The number of carbonyl (C=O) groups is 1. The van der Waals surface area contributed by atoms with Crippen LogP contribution in [0, 0.1) is 0 Å². The van der Waals surface area contributed by atoms with Gasteiger partial charge in [0.2, 0.25) is 0 Å². The van der Waals surface area contributed by atoms with E-state index in [1.165, 1.54) is 6.20 Å². The number of alkyl halides is 1. The molecule has 0 radical (unpaired) electrons. The molecule has 0 spiro atoms. The Kier molecular flexibility index (Phi) is 2.06.